The highest BCUT2D eigenvalue weighted by Gasteiger charge is 2.20. The number of hydrogen-bond acceptors (Lipinski definition) is 2. The second-order valence-electron chi connectivity index (χ2n) is 6.47. The van der Waals surface area contributed by atoms with E-state index >= 15 is 0 Å². The first-order valence-electron chi connectivity index (χ1n) is 8.39. The number of hydrogen-bond donors (Lipinski definition) is 0. The third-order valence-electron chi connectivity index (χ3n) is 4.85. The monoisotopic (exact) mass is 325 g/mol. The molecule has 0 atom stereocenters. The van der Waals surface area contributed by atoms with Gasteiger partial charge < -0.3 is 4.42 Å². The first kappa shape index (κ1) is 14.2. The maximum absolute atomic E-state index is 6.26. The molecule has 0 aliphatic rings. The molecule has 5 aromatic rings. The summed E-state index contributed by atoms with van der Waals surface area (Å²) in [6.45, 7) is 2.12. The average molecular weight is 325 g/mol. The van der Waals surface area contributed by atoms with Crippen LogP contribution >= 0.6 is 0 Å². The number of pyridine rings is 2. The third-order valence-corrected chi connectivity index (χ3v) is 4.85. The highest BCUT2D eigenvalue weighted by Crippen LogP contribution is 2.37. The van der Waals surface area contributed by atoms with Gasteiger partial charge in [0.2, 0.25) is 11.4 Å². The summed E-state index contributed by atoms with van der Waals surface area (Å²) in [6, 6.07) is 20.8. The van der Waals surface area contributed by atoms with Gasteiger partial charge in [-0.1, -0.05) is 30.3 Å². The normalized spacial score (nSPS) is 11.6. The molecule has 0 radical (unpaired) electrons. The van der Waals surface area contributed by atoms with E-state index in [1.807, 2.05) is 24.3 Å². The maximum Gasteiger partial charge on any atom is 0.227 e. The van der Waals surface area contributed by atoms with Gasteiger partial charge in [-0.15, -0.1) is 0 Å². The first-order chi connectivity index (χ1) is 12.2. The molecule has 3 aromatic heterocycles. The number of aromatic nitrogens is 2. The Bertz CT molecular complexity index is 1270. The molecule has 0 N–H and O–H groups in total. The van der Waals surface area contributed by atoms with E-state index in [2.05, 4.69) is 61.1 Å². The molecule has 120 valence electrons. The Morgan fingerprint density at radius 2 is 1.76 bits per heavy atom. The van der Waals surface area contributed by atoms with Gasteiger partial charge in [0, 0.05) is 28.3 Å². The number of rotatable bonds is 1. The van der Waals surface area contributed by atoms with Crippen LogP contribution < -0.4 is 4.57 Å². The molecule has 3 heteroatoms. The van der Waals surface area contributed by atoms with E-state index in [4.69, 9.17) is 9.40 Å². The minimum absolute atomic E-state index is 0.694. The second kappa shape index (κ2) is 5.15. The van der Waals surface area contributed by atoms with Gasteiger partial charge in [-0.25, -0.2) is 9.55 Å². The van der Waals surface area contributed by atoms with Crippen molar-refractivity contribution in [2.75, 3.05) is 0 Å². The van der Waals surface area contributed by atoms with Crippen molar-refractivity contribution in [1.29, 1.82) is 0 Å². The number of aryl methyl sites for hydroxylation is 2. The fourth-order valence-corrected chi connectivity index (χ4v) is 3.57. The number of fused-ring (bicyclic) bond motifs is 4. The summed E-state index contributed by atoms with van der Waals surface area (Å²) in [6.07, 6.45) is 2.06. The van der Waals surface area contributed by atoms with Crippen LogP contribution in [0.25, 0.3) is 44.2 Å². The van der Waals surface area contributed by atoms with E-state index < -0.39 is 0 Å². The summed E-state index contributed by atoms with van der Waals surface area (Å²) in [4.78, 5) is 4.73. The standard InChI is InChI=1S/C22H17N2O/c1-14-10-11-16-17-13-15-7-3-4-8-18(15)23-22(17)25-21(16)20(14)19-9-5-6-12-24(19)2/h3-13H,1-2H3/q+1. The number of nitrogens with zero attached hydrogens (tertiary/aromatic N) is 2. The van der Waals surface area contributed by atoms with E-state index in [9.17, 15) is 0 Å². The van der Waals surface area contributed by atoms with Crippen LogP contribution in [0, 0.1) is 6.92 Å². The molecule has 0 amide bonds. The second-order valence-corrected chi connectivity index (χ2v) is 6.47. The highest BCUT2D eigenvalue weighted by molar-refractivity contribution is 6.11. The van der Waals surface area contributed by atoms with Gasteiger partial charge in [-0.3, -0.25) is 0 Å². The van der Waals surface area contributed by atoms with Crippen LogP contribution in [0.3, 0.4) is 0 Å². The SMILES string of the molecule is Cc1ccc2c(oc3nc4ccccc4cc32)c1-c1cccc[n+]1C. The minimum atomic E-state index is 0.694. The first-order valence-corrected chi connectivity index (χ1v) is 8.39. The van der Waals surface area contributed by atoms with Gasteiger partial charge in [0.05, 0.1) is 11.1 Å². The Morgan fingerprint density at radius 3 is 2.64 bits per heavy atom. The molecular weight excluding hydrogens is 308 g/mol. The quantitative estimate of drug-likeness (QED) is 0.409. The summed E-state index contributed by atoms with van der Waals surface area (Å²) in [5, 5.41) is 3.30. The molecule has 0 aliphatic carbocycles. The Labute approximate surface area is 145 Å². The van der Waals surface area contributed by atoms with E-state index in [-0.39, 0.29) is 0 Å². The summed E-state index contributed by atoms with van der Waals surface area (Å²) in [7, 11) is 2.06. The van der Waals surface area contributed by atoms with Crippen molar-refractivity contribution in [3.05, 3.63) is 72.4 Å². The van der Waals surface area contributed by atoms with E-state index in [1.165, 1.54) is 5.56 Å². The predicted octanol–water partition coefficient (Wildman–Crippen LogP) is 4.93. The number of para-hydroxylation sites is 1. The molecule has 0 aliphatic heterocycles. The lowest BCUT2D eigenvalue weighted by atomic mass is 10.0. The van der Waals surface area contributed by atoms with Gasteiger partial charge in [-0.2, -0.15) is 0 Å². The molecule has 0 unspecified atom stereocenters. The molecule has 25 heavy (non-hydrogen) atoms. The van der Waals surface area contributed by atoms with Crippen LogP contribution in [0.4, 0.5) is 0 Å². The lowest BCUT2D eigenvalue weighted by Gasteiger charge is -2.04. The van der Waals surface area contributed by atoms with Crippen molar-refractivity contribution in [3.63, 3.8) is 0 Å². The largest absolute Gasteiger partial charge is 0.437 e. The van der Waals surface area contributed by atoms with Crippen molar-refractivity contribution in [3.8, 4) is 11.3 Å². The molecule has 3 nitrogen and oxygen atoms in total. The van der Waals surface area contributed by atoms with Crippen molar-refractivity contribution in [2.24, 2.45) is 7.05 Å². The fourth-order valence-electron chi connectivity index (χ4n) is 3.57. The van der Waals surface area contributed by atoms with Crippen LogP contribution in [0.15, 0.2) is 71.3 Å². The lowest BCUT2D eigenvalue weighted by Crippen LogP contribution is -2.30. The van der Waals surface area contributed by atoms with Gasteiger partial charge in [0.15, 0.2) is 11.8 Å². The number of benzene rings is 2. The molecule has 5 rings (SSSR count). The Kier molecular flexibility index (Phi) is 2.92. The molecule has 0 saturated heterocycles. The highest BCUT2D eigenvalue weighted by atomic mass is 16.3. The van der Waals surface area contributed by atoms with Crippen molar-refractivity contribution >= 4 is 33.0 Å². The molecule has 2 aromatic carbocycles. The summed E-state index contributed by atoms with van der Waals surface area (Å²) in [5.74, 6) is 0. The smallest absolute Gasteiger partial charge is 0.227 e. The Morgan fingerprint density at radius 1 is 0.920 bits per heavy atom. The zero-order valence-corrected chi connectivity index (χ0v) is 14.2. The van der Waals surface area contributed by atoms with Crippen LogP contribution in [0.1, 0.15) is 5.56 Å². The van der Waals surface area contributed by atoms with Crippen molar-refractivity contribution < 1.29 is 8.98 Å². The average Bonchev–Trinajstić information content (AvgIpc) is 2.98. The molecule has 0 fully saturated rings. The maximum atomic E-state index is 6.26. The van der Waals surface area contributed by atoms with E-state index in [0.29, 0.717) is 5.71 Å². The summed E-state index contributed by atoms with van der Waals surface area (Å²) in [5.41, 5.74) is 6.01. The van der Waals surface area contributed by atoms with Crippen LogP contribution in [0.5, 0.6) is 0 Å². The minimum Gasteiger partial charge on any atom is -0.437 e. The van der Waals surface area contributed by atoms with Crippen molar-refractivity contribution in [1.82, 2.24) is 4.98 Å². The Balaban J connectivity index is 1.94. The van der Waals surface area contributed by atoms with Gasteiger partial charge >= 0.3 is 0 Å². The van der Waals surface area contributed by atoms with Crippen LogP contribution in [-0.4, -0.2) is 4.98 Å². The topological polar surface area (TPSA) is 29.9 Å². The zero-order chi connectivity index (χ0) is 17.0. The lowest BCUT2D eigenvalue weighted by molar-refractivity contribution is -0.660. The summed E-state index contributed by atoms with van der Waals surface area (Å²) >= 11 is 0. The predicted molar refractivity (Wildman–Crippen MR) is 100 cm³/mol. The van der Waals surface area contributed by atoms with Crippen LogP contribution in [0.2, 0.25) is 0 Å². The molecule has 0 spiro atoms. The fraction of sp³-hybridized carbons (Fsp3) is 0.0909. The summed E-state index contributed by atoms with van der Waals surface area (Å²) < 4.78 is 8.38. The molecule has 0 bridgehead atoms. The number of furan rings is 1. The zero-order valence-electron chi connectivity index (χ0n) is 14.2. The van der Waals surface area contributed by atoms with Gasteiger partial charge in [0.1, 0.15) is 7.05 Å². The van der Waals surface area contributed by atoms with Crippen molar-refractivity contribution in [2.45, 2.75) is 6.92 Å². The van der Waals surface area contributed by atoms with Gasteiger partial charge in [0.25, 0.3) is 0 Å². The van der Waals surface area contributed by atoms with E-state index in [0.717, 1.165) is 38.5 Å². The molecule has 3 heterocycles. The Hall–Kier alpha value is -3.20. The van der Waals surface area contributed by atoms with Crippen LogP contribution in [-0.2, 0) is 7.05 Å². The third kappa shape index (κ3) is 2.06. The van der Waals surface area contributed by atoms with E-state index in [1.54, 1.807) is 0 Å². The molecular formula is C22H17N2O+. The molecule has 0 saturated carbocycles. The van der Waals surface area contributed by atoms with Gasteiger partial charge in [-0.05, 0) is 30.7 Å².